The third-order valence-electron chi connectivity index (χ3n) is 6.87. The van der Waals surface area contributed by atoms with Crippen LogP contribution in [0.4, 0.5) is 22.0 Å². The molecule has 1 aliphatic rings. The van der Waals surface area contributed by atoms with Gasteiger partial charge in [0.15, 0.2) is 17.4 Å². The molecule has 1 heterocycles. The highest BCUT2D eigenvalue weighted by Crippen LogP contribution is 2.44. The molecule has 10 heteroatoms. The van der Waals surface area contributed by atoms with Crippen molar-refractivity contribution >= 4 is 16.8 Å². The number of benzene rings is 2. The summed E-state index contributed by atoms with van der Waals surface area (Å²) in [6.45, 7) is 4.28. The standard InChI is InChI=1S/C24H24F5N3O2/c1-22(13-30-21(34)14-10-17(25)20(33)18(26)11-14)5-7-23(2,8-6-22)32-12-15-9-16(24(27,28)29)3-4-19(15)31-32/h3-4,9-12,33H,5-8,13H2,1-2H3,(H,30,34)/t22-,23+. The topological polar surface area (TPSA) is 67.2 Å². The lowest BCUT2D eigenvalue weighted by molar-refractivity contribution is -0.137. The first kappa shape index (κ1) is 24.0. The number of halogens is 5. The number of aromatic hydroxyl groups is 1. The van der Waals surface area contributed by atoms with E-state index in [-0.39, 0.29) is 17.5 Å². The van der Waals surface area contributed by atoms with E-state index in [1.54, 1.807) is 10.9 Å². The Morgan fingerprint density at radius 2 is 1.71 bits per heavy atom. The fraction of sp³-hybridized carbons (Fsp3) is 0.417. The summed E-state index contributed by atoms with van der Waals surface area (Å²) < 4.78 is 67.9. The first-order valence-corrected chi connectivity index (χ1v) is 10.8. The molecule has 0 radical (unpaired) electrons. The van der Waals surface area contributed by atoms with Gasteiger partial charge in [0, 0.05) is 23.7 Å². The molecule has 1 aromatic heterocycles. The molecular formula is C24H24F5N3O2. The molecule has 0 spiro atoms. The quantitative estimate of drug-likeness (QED) is 0.466. The molecule has 3 aromatic rings. The van der Waals surface area contributed by atoms with E-state index in [9.17, 15) is 31.9 Å². The van der Waals surface area contributed by atoms with Crippen molar-refractivity contribution in [2.45, 2.75) is 51.2 Å². The molecular weight excluding hydrogens is 457 g/mol. The van der Waals surface area contributed by atoms with Crippen molar-refractivity contribution in [3.05, 3.63) is 59.3 Å². The van der Waals surface area contributed by atoms with Crippen molar-refractivity contribution in [2.75, 3.05) is 6.54 Å². The number of carbonyl (C=O) groups excluding carboxylic acids is 1. The predicted octanol–water partition coefficient (Wildman–Crippen LogP) is 5.76. The molecule has 1 amide bonds. The van der Waals surface area contributed by atoms with Crippen molar-refractivity contribution in [2.24, 2.45) is 5.41 Å². The Bertz CT molecular complexity index is 1220. The molecule has 34 heavy (non-hydrogen) atoms. The van der Waals surface area contributed by atoms with Crippen molar-refractivity contribution < 1.29 is 31.9 Å². The van der Waals surface area contributed by atoms with E-state index in [2.05, 4.69) is 10.4 Å². The van der Waals surface area contributed by atoms with E-state index in [1.807, 2.05) is 13.8 Å². The maximum atomic E-state index is 13.5. The van der Waals surface area contributed by atoms with Gasteiger partial charge in [-0.2, -0.15) is 18.3 Å². The molecule has 0 aliphatic heterocycles. The van der Waals surface area contributed by atoms with Gasteiger partial charge in [-0.25, -0.2) is 8.78 Å². The van der Waals surface area contributed by atoms with Crippen LogP contribution in [0.15, 0.2) is 36.5 Å². The zero-order chi connectivity index (χ0) is 24.9. The fourth-order valence-corrected chi connectivity index (χ4v) is 4.37. The molecule has 1 saturated carbocycles. The second-order valence-corrected chi connectivity index (χ2v) is 9.62. The Morgan fingerprint density at radius 1 is 1.09 bits per heavy atom. The molecule has 182 valence electrons. The summed E-state index contributed by atoms with van der Waals surface area (Å²) >= 11 is 0. The van der Waals surface area contributed by atoms with Crippen LogP contribution >= 0.6 is 0 Å². The highest BCUT2D eigenvalue weighted by atomic mass is 19.4. The monoisotopic (exact) mass is 481 g/mol. The lowest BCUT2D eigenvalue weighted by atomic mass is 9.69. The van der Waals surface area contributed by atoms with Gasteiger partial charge in [-0.1, -0.05) is 6.92 Å². The summed E-state index contributed by atoms with van der Waals surface area (Å²) in [5.74, 6) is -4.19. The zero-order valence-electron chi connectivity index (χ0n) is 18.6. The number of aromatic nitrogens is 2. The molecule has 1 fully saturated rings. The summed E-state index contributed by atoms with van der Waals surface area (Å²) in [5, 5.41) is 16.8. The van der Waals surface area contributed by atoms with E-state index in [0.29, 0.717) is 36.6 Å². The van der Waals surface area contributed by atoms with Crippen molar-refractivity contribution in [3.8, 4) is 5.75 Å². The number of nitrogens with one attached hydrogen (secondary N) is 1. The number of alkyl halides is 3. The number of hydrogen-bond donors (Lipinski definition) is 2. The fourth-order valence-electron chi connectivity index (χ4n) is 4.37. The third-order valence-corrected chi connectivity index (χ3v) is 6.87. The van der Waals surface area contributed by atoms with E-state index in [0.717, 1.165) is 24.3 Å². The number of fused-ring (bicyclic) bond motifs is 1. The van der Waals surface area contributed by atoms with E-state index in [1.165, 1.54) is 6.07 Å². The summed E-state index contributed by atoms with van der Waals surface area (Å²) in [6.07, 6.45) is -0.0139. The predicted molar refractivity (Wildman–Crippen MR) is 115 cm³/mol. The van der Waals surface area contributed by atoms with Gasteiger partial charge < -0.3 is 10.4 Å². The van der Waals surface area contributed by atoms with Crippen LogP contribution in [0.25, 0.3) is 10.9 Å². The van der Waals surface area contributed by atoms with Gasteiger partial charge in [-0.15, -0.1) is 0 Å². The molecule has 1 aliphatic carbocycles. The van der Waals surface area contributed by atoms with Crippen LogP contribution in [0, 0.1) is 17.0 Å². The Morgan fingerprint density at radius 3 is 2.29 bits per heavy atom. The van der Waals surface area contributed by atoms with Crippen LogP contribution in [-0.4, -0.2) is 27.3 Å². The lowest BCUT2D eigenvalue weighted by Crippen LogP contribution is -2.43. The normalized spacial score (nSPS) is 23.3. The molecule has 0 saturated heterocycles. The maximum absolute atomic E-state index is 13.5. The first-order valence-electron chi connectivity index (χ1n) is 10.8. The Balaban J connectivity index is 1.43. The van der Waals surface area contributed by atoms with Crippen LogP contribution in [-0.2, 0) is 11.7 Å². The van der Waals surface area contributed by atoms with Gasteiger partial charge in [0.25, 0.3) is 5.91 Å². The first-order chi connectivity index (χ1) is 15.8. The van der Waals surface area contributed by atoms with E-state index in [4.69, 9.17) is 0 Å². The molecule has 2 aromatic carbocycles. The van der Waals surface area contributed by atoms with Gasteiger partial charge in [-0.3, -0.25) is 9.48 Å². The van der Waals surface area contributed by atoms with Gasteiger partial charge in [0.05, 0.1) is 16.6 Å². The average molecular weight is 481 g/mol. The van der Waals surface area contributed by atoms with Gasteiger partial charge in [0.1, 0.15) is 0 Å². The summed E-state index contributed by atoms with van der Waals surface area (Å²) in [5.41, 5.74) is -1.13. The molecule has 4 rings (SSSR count). The molecule has 0 bridgehead atoms. The second-order valence-electron chi connectivity index (χ2n) is 9.62. The second kappa shape index (κ2) is 8.25. The number of nitrogens with zero attached hydrogens (tertiary/aromatic N) is 2. The Labute approximate surface area is 192 Å². The number of carbonyl (C=O) groups is 1. The Kier molecular flexibility index (Phi) is 5.81. The van der Waals surface area contributed by atoms with Gasteiger partial charge in [-0.05, 0) is 68.4 Å². The lowest BCUT2D eigenvalue weighted by Gasteiger charge is -2.43. The highest BCUT2D eigenvalue weighted by molar-refractivity contribution is 5.94. The molecule has 5 nitrogen and oxygen atoms in total. The maximum Gasteiger partial charge on any atom is 0.416 e. The van der Waals surface area contributed by atoms with Crippen molar-refractivity contribution in [1.82, 2.24) is 15.1 Å². The number of phenols is 1. The van der Waals surface area contributed by atoms with Gasteiger partial charge >= 0.3 is 6.18 Å². The minimum absolute atomic E-state index is 0.224. The minimum atomic E-state index is -4.42. The van der Waals surface area contributed by atoms with Crippen LogP contribution in [0.5, 0.6) is 5.75 Å². The van der Waals surface area contributed by atoms with Gasteiger partial charge in [0.2, 0.25) is 0 Å². The zero-order valence-corrected chi connectivity index (χ0v) is 18.6. The van der Waals surface area contributed by atoms with Crippen LogP contribution < -0.4 is 5.32 Å². The number of phenolic OH excluding ortho intramolecular Hbond substituents is 1. The molecule has 0 atom stereocenters. The number of hydrogen-bond acceptors (Lipinski definition) is 3. The molecule has 0 unspecified atom stereocenters. The molecule has 2 N–H and O–H groups in total. The third kappa shape index (κ3) is 4.58. The van der Waals surface area contributed by atoms with E-state index < -0.39 is 40.6 Å². The van der Waals surface area contributed by atoms with Crippen LogP contribution in [0.3, 0.4) is 0 Å². The largest absolute Gasteiger partial charge is 0.503 e. The van der Waals surface area contributed by atoms with Crippen LogP contribution in [0.2, 0.25) is 0 Å². The Hall–Kier alpha value is -3.17. The summed E-state index contributed by atoms with van der Waals surface area (Å²) in [7, 11) is 0. The summed E-state index contributed by atoms with van der Waals surface area (Å²) in [6, 6.07) is 5.05. The van der Waals surface area contributed by atoms with Crippen molar-refractivity contribution in [3.63, 3.8) is 0 Å². The minimum Gasteiger partial charge on any atom is -0.503 e. The summed E-state index contributed by atoms with van der Waals surface area (Å²) in [4.78, 5) is 12.4. The number of amides is 1. The smallest absolute Gasteiger partial charge is 0.416 e. The average Bonchev–Trinajstić information content (AvgIpc) is 3.22. The van der Waals surface area contributed by atoms with Crippen LogP contribution in [0.1, 0.15) is 55.5 Å². The number of rotatable bonds is 4. The highest BCUT2D eigenvalue weighted by Gasteiger charge is 2.39. The van der Waals surface area contributed by atoms with Crippen molar-refractivity contribution in [1.29, 1.82) is 0 Å². The van der Waals surface area contributed by atoms with E-state index >= 15 is 0 Å². The SMILES string of the molecule is C[C@]1(CNC(=O)c2cc(F)c(O)c(F)c2)CC[C@@](C)(n2cc3cc(C(F)(F)F)ccc3n2)CC1.